The van der Waals surface area contributed by atoms with E-state index in [2.05, 4.69) is 10.9 Å². The van der Waals surface area contributed by atoms with Crippen molar-refractivity contribution in [2.24, 2.45) is 29.4 Å². The van der Waals surface area contributed by atoms with Crippen molar-refractivity contribution < 1.29 is 9.92 Å². The first-order chi connectivity index (χ1) is 10.6. The minimum Gasteiger partial charge on any atom is -0.330 e. The Morgan fingerprint density at radius 2 is 1.78 bits per heavy atom. The lowest BCUT2D eigenvalue weighted by Gasteiger charge is -2.61. The molecule has 0 amide bonds. The van der Waals surface area contributed by atoms with Crippen LogP contribution in [0.15, 0.2) is 24.3 Å². The number of benzene rings is 1. The third-order valence-corrected chi connectivity index (χ3v) is 6.48. The molecule has 0 aromatic heterocycles. The predicted molar refractivity (Wildman–Crippen MR) is 89.1 cm³/mol. The van der Waals surface area contributed by atoms with Gasteiger partial charge >= 0.3 is 0 Å². The molecule has 0 spiro atoms. The van der Waals surface area contributed by atoms with Crippen LogP contribution in [-0.4, -0.2) is 11.6 Å². The SMILES string of the molecule is Cl.NCC1(c2cccc(O[N+](=O)[O-])c2)C2CC3CC(C2)CC1C3. The summed E-state index contributed by atoms with van der Waals surface area (Å²) in [5.41, 5.74) is 7.43. The number of hydrogen-bond acceptors (Lipinski definition) is 4. The van der Waals surface area contributed by atoms with Gasteiger partial charge in [-0.3, -0.25) is 4.84 Å². The molecule has 1 aromatic rings. The van der Waals surface area contributed by atoms with E-state index < -0.39 is 5.09 Å². The topological polar surface area (TPSA) is 78.4 Å². The van der Waals surface area contributed by atoms with E-state index in [9.17, 15) is 10.1 Å². The highest BCUT2D eigenvalue weighted by Gasteiger charge is 2.57. The molecule has 0 unspecified atom stereocenters. The Kier molecular flexibility index (Phi) is 4.27. The van der Waals surface area contributed by atoms with Crippen LogP contribution in [0.1, 0.15) is 37.7 Å². The van der Waals surface area contributed by atoms with Gasteiger partial charge in [-0.05, 0) is 73.5 Å². The van der Waals surface area contributed by atoms with Crippen LogP contribution >= 0.6 is 12.4 Å². The molecule has 0 atom stereocenters. The van der Waals surface area contributed by atoms with E-state index >= 15 is 0 Å². The summed E-state index contributed by atoms with van der Waals surface area (Å²) in [7, 11) is 0. The fourth-order valence-corrected chi connectivity index (χ4v) is 5.88. The number of rotatable bonds is 4. The average molecular weight is 339 g/mol. The van der Waals surface area contributed by atoms with Gasteiger partial charge in [-0.15, -0.1) is 22.5 Å². The highest BCUT2D eigenvalue weighted by atomic mass is 35.5. The molecule has 4 aliphatic rings. The second-order valence-electron chi connectivity index (χ2n) is 7.39. The largest absolute Gasteiger partial charge is 0.330 e. The van der Waals surface area contributed by atoms with Crippen LogP contribution in [0.4, 0.5) is 0 Å². The molecule has 4 bridgehead atoms. The van der Waals surface area contributed by atoms with Crippen LogP contribution in [0.25, 0.3) is 0 Å². The Balaban J connectivity index is 0.00000156. The maximum Gasteiger partial charge on any atom is 0.299 e. The summed E-state index contributed by atoms with van der Waals surface area (Å²) in [5.74, 6) is 3.31. The van der Waals surface area contributed by atoms with Crippen molar-refractivity contribution in [3.63, 3.8) is 0 Å². The smallest absolute Gasteiger partial charge is 0.299 e. The zero-order valence-electron chi connectivity index (χ0n) is 13.0. The maximum absolute atomic E-state index is 10.6. The molecule has 4 fully saturated rings. The van der Waals surface area contributed by atoms with E-state index in [1.807, 2.05) is 12.1 Å². The number of hydrogen-bond donors (Lipinski definition) is 1. The minimum atomic E-state index is -0.745. The van der Waals surface area contributed by atoms with Gasteiger partial charge in [0.05, 0.1) is 0 Å². The molecule has 126 valence electrons. The van der Waals surface area contributed by atoms with Crippen molar-refractivity contribution in [2.75, 3.05) is 6.54 Å². The summed E-state index contributed by atoms with van der Waals surface area (Å²) in [5, 5.41) is 9.86. The summed E-state index contributed by atoms with van der Waals surface area (Å²) >= 11 is 0. The van der Waals surface area contributed by atoms with Gasteiger partial charge in [0.2, 0.25) is 0 Å². The standard InChI is InChI=1S/C17H22N2O3.ClH/c18-10-17(13-2-1-3-16(9-13)22-19(20)21)14-5-11-4-12(7-14)8-15(17)6-11;/h1-3,9,11-12,14-15H,4-8,10,18H2;1H. The summed E-state index contributed by atoms with van der Waals surface area (Å²) in [6, 6.07) is 7.43. The normalized spacial score (nSPS) is 37.3. The van der Waals surface area contributed by atoms with Crippen molar-refractivity contribution in [2.45, 2.75) is 37.5 Å². The lowest BCUT2D eigenvalue weighted by molar-refractivity contribution is -0.711. The van der Waals surface area contributed by atoms with Crippen LogP contribution in [-0.2, 0) is 5.41 Å². The highest BCUT2D eigenvalue weighted by Crippen LogP contribution is 2.62. The molecule has 4 aliphatic carbocycles. The first-order valence-electron chi connectivity index (χ1n) is 8.24. The molecule has 0 aliphatic heterocycles. The third-order valence-electron chi connectivity index (χ3n) is 6.48. The average Bonchev–Trinajstić information content (AvgIpc) is 2.47. The van der Waals surface area contributed by atoms with Crippen LogP contribution < -0.4 is 10.6 Å². The van der Waals surface area contributed by atoms with E-state index in [-0.39, 0.29) is 17.8 Å². The molecule has 5 rings (SSSR count). The fraction of sp³-hybridized carbons (Fsp3) is 0.647. The molecule has 0 heterocycles. The van der Waals surface area contributed by atoms with Gasteiger partial charge in [-0.2, -0.15) is 0 Å². The first-order valence-corrected chi connectivity index (χ1v) is 8.24. The van der Waals surface area contributed by atoms with Crippen LogP contribution in [0.2, 0.25) is 0 Å². The Morgan fingerprint density at radius 1 is 1.17 bits per heavy atom. The van der Waals surface area contributed by atoms with E-state index in [0.29, 0.717) is 24.1 Å². The van der Waals surface area contributed by atoms with Gasteiger partial charge < -0.3 is 5.73 Å². The number of halogens is 1. The summed E-state index contributed by atoms with van der Waals surface area (Å²) in [6.07, 6.45) is 6.47. The van der Waals surface area contributed by atoms with E-state index in [1.54, 1.807) is 6.07 Å². The molecular formula is C17H23ClN2O3. The third kappa shape index (κ3) is 2.50. The van der Waals surface area contributed by atoms with E-state index in [4.69, 9.17) is 5.73 Å². The zero-order valence-corrected chi connectivity index (χ0v) is 13.8. The second-order valence-corrected chi connectivity index (χ2v) is 7.39. The monoisotopic (exact) mass is 338 g/mol. The number of nitrogens with two attached hydrogens (primary N) is 1. The van der Waals surface area contributed by atoms with Crippen molar-refractivity contribution in [1.82, 2.24) is 0 Å². The lowest BCUT2D eigenvalue weighted by atomic mass is 9.44. The summed E-state index contributed by atoms with van der Waals surface area (Å²) in [6.45, 7) is 0.629. The molecule has 0 radical (unpaired) electrons. The second kappa shape index (κ2) is 5.95. The molecular weight excluding hydrogens is 316 g/mol. The quantitative estimate of drug-likeness (QED) is 0.674. The molecule has 4 saturated carbocycles. The molecule has 1 aromatic carbocycles. The molecule has 5 nitrogen and oxygen atoms in total. The van der Waals surface area contributed by atoms with Crippen molar-refractivity contribution >= 4 is 12.4 Å². The van der Waals surface area contributed by atoms with Gasteiger partial charge in [0, 0.05) is 12.0 Å². The van der Waals surface area contributed by atoms with Gasteiger partial charge in [0.15, 0.2) is 0 Å². The van der Waals surface area contributed by atoms with Gasteiger partial charge in [-0.25, -0.2) is 0 Å². The van der Waals surface area contributed by atoms with Gasteiger partial charge in [0.25, 0.3) is 5.09 Å². The Labute approximate surface area is 142 Å². The van der Waals surface area contributed by atoms with Crippen molar-refractivity contribution in [3.05, 3.63) is 39.9 Å². The predicted octanol–water partition coefficient (Wildman–Crippen LogP) is 3.33. The fourth-order valence-electron chi connectivity index (χ4n) is 5.88. The van der Waals surface area contributed by atoms with Gasteiger partial charge in [0.1, 0.15) is 5.75 Å². The molecule has 2 N–H and O–H groups in total. The van der Waals surface area contributed by atoms with Crippen LogP contribution in [0.5, 0.6) is 5.75 Å². The Bertz CT molecular complexity index is 579. The van der Waals surface area contributed by atoms with Gasteiger partial charge in [-0.1, -0.05) is 12.1 Å². The Morgan fingerprint density at radius 3 is 2.30 bits per heavy atom. The zero-order chi connectivity index (χ0) is 15.3. The van der Waals surface area contributed by atoms with Crippen molar-refractivity contribution in [3.8, 4) is 5.75 Å². The Hall–Kier alpha value is -1.33. The van der Waals surface area contributed by atoms with E-state index in [0.717, 1.165) is 17.4 Å². The summed E-state index contributed by atoms with van der Waals surface area (Å²) in [4.78, 5) is 15.3. The summed E-state index contributed by atoms with van der Waals surface area (Å²) < 4.78 is 0. The van der Waals surface area contributed by atoms with Crippen LogP contribution in [0.3, 0.4) is 0 Å². The van der Waals surface area contributed by atoms with Crippen LogP contribution in [0, 0.1) is 33.8 Å². The highest BCUT2D eigenvalue weighted by molar-refractivity contribution is 5.85. The maximum atomic E-state index is 10.6. The van der Waals surface area contributed by atoms with E-state index in [1.165, 1.54) is 32.1 Å². The lowest BCUT2D eigenvalue weighted by Crippen LogP contribution is -2.58. The first kappa shape index (κ1) is 16.5. The van der Waals surface area contributed by atoms with Crippen molar-refractivity contribution in [1.29, 1.82) is 0 Å². The molecule has 0 saturated heterocycles. The minimum absolute atomic E-state index is 0. The number of nitrogens with zero attached hydrogens (tertiary/aromatic N) is 1. The molecule has 23 heavy (non-hydrogen) atoms. The molecule has 6 heteroatoms.